The van der Waals surface area contributed by atoms with E-state index < -0.39 is 0 Å². The molecule has 2 rings (SSSR count). The van der Waals surface area contributed by atoms with E-state index in [1.807, 2.05) is 24.3 Å². The standard InChI is InChI=1S/C16H23NO2S/c1-19-14-8-5-9-15(12-14)20-11-10-16(18)17-13-6-3-2-4-7-13/h5,8-9,12-13H,2-4,6-7,10-11H2,1H3,(H,17,18). The van der Waals surface area contributed by atoms with Crippen LogP contribution in [-0.2, 0) is 4.79 Å². The minimum atomic E-state index is 0.187. The number of thioether (sulfide) groups is 1. The molecule has 0 atom stereocenters. The number of hydrogen-bond donors (Lipinski definition) is 1. The SMILES string of the molecule is COc1cccc(SCCC(=O)NC2CCCCC2)c1. The van der Waals surface area contributed by atoms with Crippen LogP contribution < -0.4 is 10.1 Å². The first-order valence-electron chi connectivity index (χ1n) is 7.34. The number of nitrogens with one attached hydrogen (secondary N) is 1. The maximum atomic E-state index is 11.9. The first-order chi connectivity index (χ1) is 9.78. The van der Waals surface area contributed by atoms with Gasteiger partial charge in [-0.3, -0.25) is 4.79 Å². The first kappa shape index (κ1) is 15.2. The van der Waals surface area contributed by atoms with Crippen molar-refractivity contribution < 1.29 is 9.53 Å². The number of carbonyl (C=O) groups excluding carboxylic acids is 1. The normalized spacial score (nSPS) is 15.8. The molecular weight excluding hydrogens is 270 g/mol. The summed E-state index contributed by atoms with van der Waals surface area (Å²) in [5.74, 6) is 1.86. The monoisotopic (exact) mass is 293 g/mol. The average Bonchev–Trinajstić information content (AvgIpc) is 2.48. The van der Waals surface area contributed by atoms with E-state index in [4.69, 9.17) is 4.74 Å². The summed E-state index contributed by atoms with van der Waals surface area (Å²) >= 11 is 1.70. The molecule has 1 aliphatic carbocycles. The van der Waals surface area contributed by atoms with Crippen molar-refractivity contribution in [3.63, 3.8) is 0 Å². The second kappa shape index (κ2) is 8.20. The predicted octanol–water partition coefficient (Wildman–Crippen LogP) is 3.63. The van der Waals surface area contributed by atoms with Gasteiger partial charge in [-0.2, -0.15) is 0 Å². The number of methoxy groups -OCH3 is 1. The molecule has 0 bridgehead atoms. The van der Waals surface area contributed by atoms with Crippen molar-refractivity contribution >= 4 is 17.7 Å². The van der Waals surface area contributed by atoms with E-state index in [9.17, 15) is 4.79 Å². The van der Waals surface area contributed by atoms with Gasteiger partial charge >= 0.3 is 0 Å². The number of benzene rings is 1. The van der Waals surface area contributed by atoms with Crippen molar-refractivity contribution in [2.24, 2.45) is 0 Å². The Kier molecular flexibility index (Phi) is 6.25. The third-order valence-corrected chi connectivity index (χ3v) is 4.60. The van der Waals surface area contributed by atoms with E-state index in [2.05, 4.69) is 5.32 Å². The molecule has 0 spiro atoms. The topological polar surface area (TPSA) is 38.3 Å². The number of amides is 1. The van der Waals surface area contributed by atoms with Crippen LogP contribution in [0.25, 0.3) is 0 Å². The van der Waals surface area contributed by atoms with Crippen LogP contribution in [0.4, 0.5) is 0 Å². The summed E-state index contributed by atoms with van der Waals surface area (Å²) in [7, 11) is 1.67. The third-order valence-electron chi connectivity index (χ3n) is 3.61. The molecule has 1 N–H and O–H groups in total. The molecule has 3 nitrogen and oxygen atoms in total. The molecule has 1 aromatic carbocycles. The molecule has 0 aromatic heterocycles. The highest BCUT2D eigenvalue weighted by atomic mass is 32.2. The molecule has 20 heavy (non-hydrogen) atoms. The van der Waals surface area contributed by atoms with Crippen LogP contribution in [0, 0.1) is 0 Å². The molecule has 4 heteroatoms. The molecule has 0 saturated heterocycles. The van der Waals surface area contributed by atoms with Crippen LogP contribution in [0.1, 0.15) is 38.5 Å². The predicted molar refractivity (Wildman–Crippen MR) is 83.4 cm³/mol. The lowest BCUT2D eigenvalue weighted by molar-refractivity contribution is -0.121. The zero-order valence-electron chi connectivity index (χ0n) is 12.1. The minimum Gasteiger partial charge on any atom is -0.497 e. The molecule has 1 saturated carbocycles. The van der Waals surface area contributed by atoms with Crippen LogP contribution in [0.2, 0.25) is 0 Å². The second-order valence-electron chi connectivity index (χ2n) is 5.18. The molecule has 0 aliphatic heterocycles. The summed E-state index contributed by atoms with van der Waals surface area (Å²) in [5, 5.41) is 3.15. The molecular formula is C16H23NO2S. The first-order valence-corrected chi connectivity index (χ1v) is 8.32. The fraction of sp³-hybridized carbons (Fsp3) is 0.562. The highest BCUT2D eigenvalue weighted by Gasteiger charge is 2.15. The summed E-state index contributed by atoms with van der Waals surface area (Å²) in [6.45, 7) is 0. The summed E-state index contributed by atoms with van der Waals surface area (Å²) in [6, 6.07) is 8.37. The van der Waals surface area contributed by atoms with Gasteiger partial charge in [-0.1, -0.05) is 25.3 Å². The zero-order chi connectivity index (χ0) is 14.2. The van der Waals surface area contributed by atoms with E-state index >= 15 is 0 Å². The summed E-state index contributed by atoms with van der Waals surface area (Å²) in [6.07, 6.45) is 6.70. The Hall–Kier alpha value is -1.16. The van der Waals surface area contributed by atoms with Crippen molar-refractivity contribution in [1.82, 2.24) is 5.32 Å². The Morgan fingerprint density at radius 1 is 1.35 bits per heavy atom. The van der Waals surface area contributed by atoms with E-state index in [-0.39, 0.29) is 5.91 Å². The lowest BCUT2D eigenvalue weighted by Crippen LogP contribution is -2.36. The van der Waals surface area contributed by atoms with Crippen LogP contribution in [0.5, 0.6) is 5.75 Å². The summed E-state index contributed by atoms with van der Waals surface area (Å²) in [4.78, 5) is 13.0. The fourth-order valence-electron chi connectivity index (χ4n) is 2.50. The lowest BCUT2D eigenvalue weighted by atomic mass is 9.95. The maximum absolute atomic E-state index is 11.9. The largest absolute Gasteiger partial charge is 0.497 e. The average molecular weight is 293 g/mol. The molecule has 1 aromatic rings. The van der Waals surface area contributed by atoms with Gasteiger partial charge in [-0.25, -0.2) is 0 Å². The Balaban J connectivity index is 1.67. The maximum Gasteiger partial charge on any atom is 0.221 e. The van der Waals surface area contributed by atoms with Gasteiger partial charge in [0.15, 0.2) is 0 Å². The Morgan fingerprint density at radius 2 is 2.15 bits per heavy atom. The number of rotatable bonds is 6. The number of carbonyl (C=O) groups is 1. The zero-order valence-corrected chi connectivity index (χ0v) is 12.9. The van der Waals surface area contributed by atoms with E-state index in [0.29, 0.717) is 12.5 Å². The lowest BCUT2D eigenvalue weighted by Gasteiger charge is -2.22. The van der Waals surface area contributed by atoms with Crippen LogP contribution in [0.15, 0.2) is 29.2 Å². The van der Waals surface area contributed by atoms with Crippen molar-refractivity contribution in [1.29, 1.82) is 0 Å². The van der Waals surface area contributed by atoms with Gasteiger partial charge in [0, 0.05) is 23.1 Å². The summed E-state index contributed by atoms with van der Waals surface area (Å²) in [5.41, 5.74) is 0. The van der Waals surface area contributed by atoms with E-state index in [0.717, 1.165) is 29.2 Å². The van der Waals surface area contributed by atoms with E-state index in [1.165, 1.54) is 19.3 Å². The molecule has 0 heterocycles. The van der Waals surface area contributed by atoms with Gasteiger partial charge in [0.1, 0.15) is 5.75 Å². The number of hydrogen-bond acceptors (Lipinski definition) is 3. The third kappa shape index (κ3) is 5.08. The van der Waals surface area contributed by atoms with E-state index in [1.54, 1.807) is 18.9 Å². The molecule has 1 fully saturated rings. The quantitative estimate of drug-likeness (QED) is 0.814. The van der Waals surface area contributed by atoms with Crippen molar-refractivity contribution in [2.75, 3.05) is 12.9 Å². The Morgan fingerprint density at radius 3 is 2.90 bits per heavy atom. The van der Waals surface area contributed by atoms with Gasteiger partial charge in [-0.15, -0.1) is 11.8 Å². The molecule has 1 aliphatic rings. The van der Waals surface area contributed by atoms with Crippen molar-refractivity contribution in [2.45, 2.75) is 49.5 Å². The van der Waals surface area contributed by atoms with Gasteiger partial charge in [0.2, 0.25) is 5.91 Å². The Bertz CT molecular complexity index is 430. The summed E-state index contributed by atoms with van der Waals surface area (Å²) < 4.78 is 5.19. The van der Waals surface area contributed by atoms with Crippen molar-refractivity contribution in [3.05, 3.63) is 24.3 Å². The molecule has 0 radical (unpaired) electrons. The van der Waals surface area contributed by atoms with Gasteiger partial charge in [0.05, 0.1) is 7.11 Å². The Labute approximate surface area is 125 Å². The molecule has 110 valence electrons. The highest BCUT2D eigenvalue weighted by Crippen LogP contribution is 2.23. The minimum absolute atomic E-state index is 0.187. The highest BCUT2D eigenvalue weighted by molar-refractivity contribution is 7.99. The van der Waals surface area contributed by atoms with Gasteiger partial charge in [0.25, 0.3) is 0 Å². The molecule has 0 unspecified atom stereocenters. The fourth-order valence-corrected chi connectivity index (χ4v) is 3.40. The van der Waals surface area contributed by atoms with Gasteiger partial charge < -0.3 is 10.1 Å². The number of ether oxygens (including phenoxy) is 1. The van der Waals surface area contributed by atoms with Crippen LogP contribution in [0.3, 0.4) is 0 Å². The van der Waals surface area contributed by atoms with Crippen LogP contribution >= 0.6 is 11.8 Å². The molecule has 1 amide bonds. The van der Waals surface area contributed by atoms with Gasteiger partial charge in [-0.05, 0) is 31.0 Å². The smallest absolute Gasteiger partial charge is 0.221 e. The van der Waals surface area contributed by atoms with Crippen LogP contribution in [-0.4, -0.2) is 24.8 Å². The second-order valence-corrected chi connectivity index (χ2v) is 6.35. The van der Waals surface area contributed by atoms with Crippen molar-refractivity contribution in [3.8, 4) is 5.75 Å².